The summed E-state index contributed by atoms with van der Waals surface area (Å²) in [5.41, 5.74) is -0.750. The van der Waals surface area contributed by atoms with Gasteiger partial charge < -0.3 is 24.4 Å². The van der Waals surface area contributed by atoms with Gasteiger partial charge in [-0.25, -0.2) is 18.4 Å². The van der Waals surface area contributed by atoms with Crippen molar-refractivity contribution >= 4 is 17.7 Å². The molecule has 0 aromatic heterocycles. The van der Waals surface area contributed by atoms with Gasteiger partial charge in [0.1, 0.15) is 11.6 Å². The first-order valence-corrected chi connectivity index (χ1v) is 9.34. The van der Waals surface area contributed by atoms with E-state index in [4.69, 9.17) is 9.47 Å². The average molecular weight is 398 g/mol. The minimum Gasteiger partial charge on any atom is -0.465 e. The second-order valence-electron chi connectivity index (χ2n) is 6.91. The SMILES string of the molecule is COC(=O)c1cc(NC(=O)N(C[C@@H]2CCCO2)C[C@@H]2CCCO2)c(F)cc1F. The van der Waals surface area contributed by atoms with Gasteiger partial charge in [0.15, 0.2) is 0 Å². The highest BCUT2D eigenvalue weighted by Crippen LogP contribution is 2.22. The van der Waals surface area contributed by atoms with E-state index in [2.05, 4.69) is 10.1 Å². The van der Waals surface area contributed by atoms with Crippen LogP contribution in [0.5, 0.6) is 0 Å². The molecule has 7 nitrogen and oxygen atoms in total. The fourth-order valence-corrected chi connectivity index (χ4v) is 3.41. The summed E-state index contributed by atoms with van der Waals surface area (Å²) in [5, 5.41) is 2.43. The normalized spacial score (nSPS) is 21.5. The Hall–Kier alpha value is -2.26. The number of benzene rings is 1. The average Bonchev–Trinajstić information content (AvgIpc) is 3.36. The number of rotatable bonds is 6. The molecule has 1 aromatic carbocycles. The van der Waals surface area contributed by atoms with Gasteiger partial charge in [0.2, 0.25) is 0 Å². The highest BCUT2D eigenvalue weighted by atomic mass is 19.1. The molecule has 154 valence electrons. The van der Waals surface area contributed by atoms with Crippen molar-refractivity contribution in [1.29, 1.82) is 0 Å². The number of nitrogens with one attached hydrogen (secondary N) is 1. The third-order valence-corrected chi connectivity index (χ3v) is 4.89. The molecule has 0 unspecified atom stereocenters. The van der Waals surface area contributed by atoms with Crippen LogP contribution >= 0.6 is 0 Å². The summed E-state index contributed by atoms with van der Waals surface area (Å²) in [5.74, 6) is -2.99. The van der Waals surface area contributed by atoms with Crippen LogP contribution in [0.1, 0.15) is 36.0 Å². The fraction of sp³-hybridized carbons (Fsp3) is 0.579. The van der Waals surface area contributed by atoms with E-state index in [0.717, 1.165) is 38.9 Å². The van der Waals surface area contributed by atoms with Crippen LogP contribution in [0, 0.1) is 11.6 Å². The summed E-state index contributed by atoms with van der Waals surface area (Å²) in [7, 11) is 1.09. The van der Waals surface area contributed by atoms with Crippen LogP contribution in [0.2, 0.25) is 0 Å². The van der Waals surface area contributed by atoms with Crippen LogP contribution in [0.15, 0.2) is 12.1 Å². The molecule has 2 aliphatic rings. The van der Waals surface area contributed by atoms with E-state index in [0.29, 0.717) is 32.4 Å². The molecule has 2 heterocycles. The number of esters is 1. The monoisotopic (exact) mass is 398 g/mol. The molecule has 0 bridgehead atoms. The number of halogens is 2. The number of methoxy groups -OCH3 is 1. The topological polar surface area (TPSA) is 77.1 Å². The number of hydrogen-bond donors (Lipinski definition) is 1. The smallest absolute Gasteiger partial charge is 0.340 e. The summed E-state index contributed by atoms with van der Waals surface area (Å²) in [6, 6.07) is 0.921. The molecule has 28 heavy (non-hydrogen) atoms. The Kier molecular flexibility index (Phi) is 6.79. The van der Waals surface area contributed by atoms with Crippen molar-refractivity contribution in [2.24, 2.45) is 0 Å². The standard InChI is InChI=1S/C19H24F2N2O5/c1-26-18(24)14-8-17(16(21)9-15(14)20)22-19(25)23(10-12-4-2-6-27-12)11-13-5-3-7-28-13/h8-9,12-13H,2-7,10-11H2,1H3,(H,22,25)/t12-,13-/m0/s1. The summed E-state index contributed by atoms with van der Waals surface area (Å²) >= 11 is 0. The maximum atomic E-state index is 14.2. The van der Waals surface area contributed by atoms with Crippen LogP contribution < -0.4 is 5.32 Å². The molecule has 3 rings (SSSR count). The van der Waals surface area contributed by atoms with E-state index in [1.165, 1.54) is 4.90 Å². The molecule has 1 aromatic rings. The van der Waals surface area contributed by atoms with Crippen molar-refractivity contribution in [2.75, 3.05) is 38.7 Å². The van der Waals surface area contributed by atoms with Gasteiger partial charge >= 0.3 is 12.0 Å². The lowest BCUT2D eigenvalue weighted by Crippen LogP contribution is -2.44. The third kappa shape index (κ3) is 4.96. The van der Waals surface area contributed by atoms with Gasteiger partial charge in [-0.1, -0.05) is 0 Å². The van der Waals surface area contributed by atoms with Gasteiger partial charge in [-0.15, -0.1) is 0 Å². The first-order chi connectivity index (χ1) is 13.5. The first-order valence-electron chi connectivity index (χ1n) is 9.34. The van der Waals surface area contributed by atoms with E-state index in [1.54, 1.807) is 0 Å². The quantitative estimate of drug-likeness (QED) is 0.746. The minimum atomic E-state index is -1.06. The molecular weight excluding hydrogens is 374 g/mol. The van der Waals surface area contributed by atoms with E-state index >= 15 is 0 Å². The summed E-state index contributed by atoms with van der Waals surface area (Å²) in [6.45, 7) is 1.99. The number of ether oxygens (including phenoxy) is 3. The molecule has 2 amide bonds. The molecule has 0 radical (unpaired) electrons. The first kappa shape index (κ1) is 20.5. The maximum Gasteiger partial charge on any atom is 0.340 e. The van der Waals surface area contributed by atoms with Crippen molar-refractivity contribution in [2.45, 2.75) is 37.9 Å². The number of anilines is 1. The number of carbonyl (C=O) groups is 2. The predicted octanol–water partition coefficient (Wildman–Crippen LogP) is 2.94. The molecule has 2 aliphatic heterocycles. The Morgan fingerprint density at radius 2 is 1.71 bits per heavy atom. The molecule has 2 saturated heterocycles. The van der Waals surface area contributed by atoms with E-state index < -0.39 is 29.2 Å². The van der Waals surface area contributed by atoms with Gasteiger partial charge in [-0.3, -0.25) is 0 Å². The van der Waals surface area contributed by atoms with Gasteiger partial charge in [-0.05, 0) is 31.7 Å². The lowest BCUT2D eigenvalue weighted by atomic mass is 10.1. The fourth-order valence-electron chi connectivity index (χ4n) is 3.41. The molecule has 0 aliphatic carbocycles. The predicted molar refractivity (Wildman–Crippen MR) is 96.2 cm³/mol. The maximum absolute atomic E-state index is 14.2. The van der Waals surface area contributed by atoms with Crippen molar-refractivity contribution in [3.8, 4) is 0 Å². The lowest BCUT2D eigenvalue weighted by Gasteiger charge is -2.28. The second kappa shape index (κ2) is 9.29. The number of hydrogen-bond acceptors (Lipinski definition) is 5. The van der Waals surface area contributed by atoms with Gasteiger partial charge in [0, 0.05) is 32.4 Å². The van der Waals surface area contributed by atoms with Gasteiger partial charge in [0.25, 0.3) is 0 Å². The largest absolute Gasteiger partial charge is 0.465 e. The number of carbonyl (C=O) groups excluding carboxylic acids is 2. The van der Waals surface area contributed by atoms with E-state index in [9.17, 15) is 18.4 Å². The number of nitrogens with zero attached hydrogens (tertiary/aromatic N) is 1. The van der Waals surface area contributed by atoms with Crippen molar-refractivity contribution in [3.05, 3.63) is 29.3 Å². The zero-order chi connectivity index (χ0) is 20.1. The zero-order valence-electron chi connectivity index (χ0n) is 15.7. The van der Waals surface area contributed by atoms with Gasteiger partial charge in [0.05, 0.1) is 30.6 Å². The Labute approximate surface area is 161 Å². The Morgan fingerprint density at radius 3 is 2.21 bits per heavy atom. The van der Waals surface area contributed by atoms with Crippen LogP contribution in [0.25, 0.3) is 0 Å². The molecule has 9 heteroatoms. The summed E-state index contributed by atoms with van der Waals surface area (Å²) < 4.78 is 43.7. The highest BCUT2D eigenvalue weighted by molar-refractivity contribution is 5.94. The van der Waals surface area contributed by atoms with Crippen LogP contribution in [0.4, 0.5) is 19.3 Å². The van der Waals surface area contributed by atoms with Crippen LogP contribution in [0.3, 0.4) is 0 Å². The summed E-state index contributed by atoms with van der Waals surface area (Å²) in [6.07, 6.45) is 3.36. The van der Waals surface area contributed by atoms with E-state index in [-0.39, 0.29) is 17.9 Å². The Morgan fingerprint density at radius 1 is 1.11 bits per heavy atom. The Balaban J connectivity index is 1.75. The zero-order valence-corrected chi connectivity index (χ0v) is 15.7. The third-order valence-electron chi connectivity index (χ3n) is 4.89. The molecular formula is C19H24F2N2O5. The number of amides is 2. The van der Waals surface area contributed by atoms with Gasteiger partial charge in [-0.2, -0.15) is 0 Å². The minimum absolute atomic E-state index is 0.0872. The lowest BCUT2D eigenvalue weighted by molar-refractivity contribution is 0.0524. The molecule has 1 N–H and O–H groups in total. The molecule has 2 atom stereocenters. The molecule has 0 saturated carbocycles. The molecule has 2 fully saturated rings. The van der Waals surface area contributed by atoms with Crippen molar-refractivity contribution < 1.29 is 32.6 Å². The van der Waals surface area contributed by atoms with Crippen LogP contribution in [-0.2, 0) is 14.2 Å². The van der Waals surface area contributed by atoms with E-state index in [1.807, 2.05) is 0 Å². The van der Waals surface area contributed by atoms with Crippen molar-refractivity contribution in [1.82, 2.24) is 4.90 Å². The Bertz CT molecular complexity index is 701. The van der Waals surface area contributed by atoms with Crippen LogP contribution in [-0.4, -0.2) is 62.5 Å². The summed E-state index contributed by atoms with van der Waals surface area (Å²) in [4.78, 5) is 26.0. The van der Waals surface area contributed by atoms with Crippen molar-refractivity contribution in [3.63, 3.8) is 0 Å². The second-order valence-corrected chi connectivity index (χ2v) is 6.91. The number of urea groups is 1. The highest BCUT2D eigenvalue weighted by Gasteiger charge is 2.28. The molecule has 0 spiro atoms.